The Balaban J connectivity index is 1.66. The molecule has 0 radical (unpaired) electrons. The Kier molecular flexibility index (Phi) is 5.49. The number of amides is 1. The Morgan fingerprint density at radius 2 is 2.00 bits per heavy atom. The van der Waals surface area contributed by atoms with Gasteiger partial charge in [0, 0.05) is 34.4 Å². The van der Waals surface area contributed by atoms with E-state index in [1.807, 2.05) is 30.0 Å². The fraction of sp³-hybridized carbons (Fsp3) is 0.316. The molecule has 1 fully saturated rings. The second-order valence-electron chi connectivity index (χ2n) is 6.38. The van der Waals surface area contributed by atoms with Gasteiger partial charge in [0.25, 0.3) is 0 Å². The van der Waals surface area contributed by atoms with Crippen LogP contribution in [0, 0.1) is 18.6 Å². The first-order valence-electron chi connectivity index (χ1n) is 8.16. The number of nitrogens with one attached hydrogen (secondary N) is 1. The minimum absolute atomic E-state index is 0.139. The Hall–Kier alpha value is -1.79. The van der Waals surface area contributed by atoms with E-state index in [1.165, 1.54) is 12.1 Å². The van der Waals surface area contributed by atoms with E-state index in [1.54, 1.807) is 0 Å². The van der Waals surface area contributed by atoms with E-state index in [0.717, 1.165) is 34.6 Å². The first kappa shape index (κ1) is 18.0. The van der Waals surface area contributed by atoms with E-state index < -0.39 is 11.6 Å². The van der Waals surface area contributed by atoms with Crippen molar-refractivity contribution < 1.29 is 13.6 Å². The molecule has 0 spiro atoms. The highest BCUT2D eigenvalue weighted by Crippen LogP contribution is 2.29. The number of carbonyl (C=O) groups excluding carboxylic acids is 1. The van der Waals surface area contributed by atoms with E-state index in [-0.39, 0.29) is 18.5 Å². The van der Waals surface area contributed by atoms with Gasteiger partial charge < -0.3 is 5.32 Å². The lowest BCUT2D eigenvalue weighted by Gasteiger charge is -2.22. The van der Waals surface area contributed by atoms with Crippen molar-refractivity contribution in [1.82, 2.24) is 4.90 Å². The van der Waals surface area contributed by atoms with Gasteiger partial charge in [-0.2, -0.15) is 0 Å². The maximum Gasteiger partial charge on any atom is 0.238 e. The molecule has 132 valence electrons. The lowest BCUT2D eigenvalue weighted by atomic mass is 10.2. The average Bonchev–Trinajstić information content (AvgIpc) is 3.37. The molecule has 0 aliphatic heterocycles. The van der Waals surface area contributed by atoms with E-state index in [0.29, 0.717) is 12.1 Å². The molecule has 25 heavy (non-hydrogen) atoms. The van der Waals surface area contributed by atoms with Crippen molar-refractivity contribution in [2.24, 2.45) is 0 Å². The molecule has 3 nitrogen and oxygen atoms in total. The summed E-state index contributed by atoms with van der Waals surface area (Å²) in [4.78, 5) is 14.3. The number of nitrogens with zero attached hydrogens (tertiary/aromatic N) is 1. The second kappa shape index (κ2) is 7.62. The number of anilines is 1. The van der Waals surface area contributed by atoms with E-state index >= 15 is 0 Å². The zero-order valence-corrected chi connectivity index (χ0v) is 15.4. The predicted octanol–water partition coefficient (Wildman–Crippen LogP) is 4.64. The van der Waals surface area contributed by atoms with Gasteiger partial charge in [-0.15, -0.1) is 0 Å². The third-order valence-corrected chi connectivity index (χ3v) is 4.75. The number of aryl methyl sites for hydroxylation is 1. The van der Waals surface area contributed by atoms with Crippen molar-refractivity contribution in [1.29, 1.82) is 0 Å². The summed E-state index contributed by atoms with van der Waals surface area (Å²) < 4.78 is 27.9. The van der Waals surface area contributed by atoms with Gasteiger partial charge in [-0.05, 0) is 49.6 Å². The van der Waals surface area contributed by atoms with Crippen LogP contribution in [0.5, 0.6) is 0 Å². The standard InChI is InChI=1S/C19H19BrF2N2O/c1-12-8-14(20)3-7-18(12)23-19(25)11-24(16-5-6-16)10-13-2-4-15(21)9-17(13)22/h2-4,7-9,16H,5-6,10-11H2,1H3,(H,23,25). The normalized spacial score (nSPS) is 14.0. The van der Waals surface area contributed by atoms with Crippen molar-refractivity contribution in [3.05, 3.63) is 63.6 Å². The topological polar surface area (TPSA) is 32.3 Å². The molecular weight excluding hydrogens is 390 g/mol. The molecule has 1 aliphatic rings. The fourth-order valence-electron chi connectivity index (χ4n) is 2.76. The maximum atomic E-state index is 13.9. The van der Waals surface area contributed by atoms with Crippen LogP contribution in [0.25, 0.3) is 0 Å². The Morgan fingerprint density at radius 3 is 2.64 bits per heavy atom. The Morgan fingerprint density at radius 1 is 1.24 bits per heavy atom. The molecule has 1 saturated carbocycles. The summed E-state index contributed by atoms with van der Waals surface area (Å²) in [5.41, 5.74) is 2.13. The summed E-state index contributed by atoms with van der Waals surface area (Å²) in [6.07, 6.45) is 1.99. The SMILES string of the molecule is Cc1cc(Br)ccc1NC(=O)CN(Cc1ccc(F)cc1F)C1CC1. The number of rotatable bonds is 6. The minimum Gasteiger partial charge on any atom is -0.325 e. The van der Waals surface area contributed by atoms with Crippen LogP contribution in [0.2, 0.25) is 0 Å². The molecule has 0 unspecified atom stereocenters. The fourth-order valence-corrected chi connectivity index (χ4v) is 3.24. The molecule has 6 heteroatoms. The first-order valence-corrected chi connectivity index (χ1v) is 8.95. The van der Waals surface area contributed by atoms with Crippen LogP contribution in [0.3, 0.4) is 0 Å². The maximum absolute atomic E-state index is 13.9. The lowest BCUT2D eigenvalue weighted by Crippen LogP contribution is -2.34. The lowest BCUT2D eigenvalue weighted by molar-refractivity contribution is -0.117. The molecule has 0 aromatic heterocycles. The predicted molar refractivity (Wildman–Crippen MR) is 97.3 cm³/mol. The summed E-state index contributed by atoms with van der Waals surface area (Å²) in [5.74, 6) is -1.31. The molecule has 2 aromatic carbocycles. The smallest absolute Gasteiger partial charge is 0.238 e. The van der Waals surface area contributed by atoms with Gasteiger partial charge in [0.2, 0.25) is 5.91 Å². The van der Waals surface area contributed by atoms with Crippen LogP contribution >= 0.6 is 15.9 Å². The third kappa shape index (κ3) is 4.86. The van der Waals surface area contributed by atoms with E-state index in [9.17, 15) is 13.6 Å². The van der Waals surface area contributed by atoms with Crippen LogP contribution in [0.15, 0.2) is 40.9 Å². The van der Waals surface area contributed by atoms with Crippen LogP contribution in [-0.2, 0) is 11.3 Å². The monoisotopic (exact) mass is 408 g/mol. The number of hydrogen-bond acceptors (Lipinski definition) is 2. The van der Waals surface area contributed by atoms with Crippen LogP contribution < -0.4 is 5.32 Å². The van der Waals surface area contributed by atoms with Crippen molar-refractivity contribution >= 4 is 27.5 Å². The van der Waals surface area contributed by atoms with Crippen LogP contribution in [0.1, 0.15) is 24.0 Å². The molecule has 3 rings (SSSR count). The van der Waals surface area contributed by atoms with Gasteiger partial charge in [0.05, 0.1) is 6.54 Å². The number of carbonyl (C=O) groups is 1. The quantitative estimate of drug-likeness (QED) is 0.754. The van der Waals surface area contributed by atoms with Gasteiger partial charge in [-0.25, -0.2) is 8.78 Å². The van der Waals surface area contributed by atoms with E-state index in [4.69, 9.17) is 0 Å². The van der Waals surface area contributed by atoms with Crippen LogP contribution in [0.4, 0.5) is 14.5 Å². The van der Waals surface area contributed by atoms with Gasteiger partial charge in [0.1, 0.15) is 11.6 Å². The van der Waals surface area contributed by atoms with Crippen molar-refractivity contribution in [2.75, 3.05) is 11.9 Å². The van der Waals surface area contributed by atoms with Crippen molar-refractivity contribution in [2.45, 2.75) is 32.4 Å². The highest BCUT2D eigenvalue weighted by atomic mass is 79.9. The molecular formula is C19H19BrF2N2O. The Bertz CT molecular complexity index is 793. The molecule has 1 amide bonds. The van der Waals surface area contributed by atoms with Gasteiger partial charge in [-0.1, -0.05) is 22.0 Å². The largest absolute Gasteiger partial charge is 0.325 e. The van der Waals surface area contributed by atoms with Gasteiger partial charge in [-0.3, -0.25) is 9.69 Å². The molecule has 0 heterocycles. The second-order valence-corrected chi connectivity index (χ2v) is 7.29. The zero-order chi connectivity index (χ0) is 18.0. The summed E-state index contributed by atoms with van der Waals surface area (Å²) in [5, 5.41) is 2.90. The molecule has 1 N–H and O–H groups in total. The molecule has 1 aliphatic carbocycles. The highest BCUT2D eigenvalue weighted by molar-refractivity contribution is 9.10. The van der Waals surface area contributed by atoms with Crippen molar-refractivity contribution in [3.8, 4) is 0 Å². The minimum atomic E-state index is -0.595. The van der Waals surface area contributed by atoms with Crippen LogP contribution in [-0.4, -0.2) is 23.4 Å². The number of halogens is 3. The number of hydrogen-bond donors (Lipinski definition) is 1. The Labute approximate surface area is 154 Å². The third-order valence-electron chi connectivity index (χ3n) is 4.26. The summed E-state index contributed by atoms with van der Waals surface area (Å²) >= 11 is 3.40. The first-order chi connectivity index (χ1) is 11.9. The molecule has 0 saturated heterocycles. The highest BCUT2D eigenvalue weighted by Gasteiger charge is 2.31. The molecule has 0 bridgehead atoms. The molecule has 0 atom stereocenters. The summed E-state index contributed by atoms with van der Waals surface area (Å²) in [6, 6.07) is 9.49. The average molecular weight is 409 g/mol. The van der Waals surface area contributed by atoms with Crippen molar-refractivity contribution in [3.63, 3.8) is 0 Å². The summed E-state index contributed by atoms with van der Waals surface area (Å²) in [7, 11) is 0. The summed E-state index contributed by atoms with van der Waals surface area (Å²) in [6.45, 7) is 2.40. The van der Waals surface area contributed by atoms with E-state index in [2.05, 4.69) is 21.2 Å². The van der Waals surface area contributed by atoms with Gasteiger partial charge in [0.15, 0.2) is 0 Å². The van der Waals surface area contributed by atoms with Gasteiger partial charge >= 0.3 is 0 Å². The number of benzene rings is 2. The zero-order valence-electron chi connectivity index (χ0n) is 13.9. The molecule has 2 aromatic rings.